The molecule has 0 aliphatic rings. The lowest BCUT2D eigenvalue weighted by atomic mass is 10.4. The molecule has 0 aromatic rings. The Labute approximate surface area is 49.5 Å². The van der Waals surface area contributed by atoms with Crippen LogP contribution < -0.4 is 0 Å². The Morgan fingerprint density at radius 3 is 2.14 bits per heavy atom. The lowest BCUT2D eigenvalue weighted by Crippen LogP contribution is -1.54. The summed E-state index contributed by atoms with van der Waals surface area (Å²) in [5.41, 5.74) is 0. The van der Waals surface area contributed by atoms with E-state index in [-0.39, 0.29) is 0 Å². The van der Waals surface area contributed by atoms with E-state index in [4.69, 9.17) is 11.6 Å². The molecule has 0 aliphatic heterocycles. The molecule has 0 heterocycles. The van der Waals surface area contributed by atoms with Crippen LogP contribution in [0, 0.1) is 0 Å². The third kappa shape index (κ3) is 3.60. The highest BCUT2D eigenvalue weighted by atomic mass is 35.5. The molecule has 0 amide bonds. The van der Waals surface area contributed by atoms with Crippen LogP contribution >= 0.6 is 11.6 Å². The van der Waals surface area contributed by atoms with E-state index in [2.05, 4.69) is 0 Å². The van der Waals surface area contributed by atoms with Crippen molar-refractivity contribution in [2.24, 2.45) is 0 Å². The molecule has 0 unspecified atom stereocenters. The zero-order chi connectivity index (χ0) is 5.70. The Hall–Kier alpha value is -0.230. The van der Waals surface area contributed by atoms with E-state index in [0.717, 1.165) is 5.03 Å². The van der Waals surface area contributed by atoms with Gasteiger partial charge in [-0.05, 0) is 19.9 Å². The fraction of sp³-hybridized carbons (Fsp3) is 0.333. The van der Waals surface area contributed by atoms with Gasteiger partial charge in [0.2, 0.25) is 0 Å². The van der Waals surface area contributed by atoms with Crippen molar-refractivity contribution in [3.05, 3.63) is 23.3 Å². The average Bonchev–Trinajstić information content (AvgIpc) is 1.68. The lowest BCUT2D eigenvalue weighted by molar-refractivity contribution is 1.65. The Balaban J connectivity index is 3.58. The van der Waals surface area contributed by atoms with E-state index >= 15 is 0 Å². The second-order valence-electron chi connectivity index (χ2n) is 1.17. The average molecular weight is 117 g/mol. The van der Waals surface area contributed by atoms with Gasteiger partial charge >= 0.3 is 0 Å². The third-order valence-electron chi connectivity index (χ3n) is 0.602. The molecular formula is C6H9Cl. The Kier molecular flexibility index (Phi) is 3.81. The van der Waals surface area contributed by atoms with Crippen molar-refractivity contribution in [1.29, 1.82) is 0 Å². The normalized spacial score (nSPS) is 13.3. The Morgan fingerprint density at radius 2 is 2.00 bits per heavy atom. The van der Waals surface area contributed by atoms with E-state index in [0.29, 0.717) is 0 Å². The van der Waals surface area contributed by atoms with Gasteiger partial charge in [-0.3, -0.25) is 0 Å². The summed E-state index contributed by atoms with van der Waals surface area (Å²) < 4.78 is 0. The predicted octanol–water partition coefficient (Wildman–Crippen LogP) is 2.71. The minimum Gasteiger partial charge on any atom is -0.0862 e. The highest BCUT2D eigenvalue weighted by molar-refractivity contribution is 6.31. The quantitative estimate of drug-likeness (QED) is 0.462. The van der Waals surface area contributed by atoms with Crippen LogP contribution in [0.3, 0.4) is 0 Å². The molecule has 0 rings (SSSR count). The van der Waals surface area contributed by atoms with Crippen molar-refractivity contribution in [2.45, 2.75) is 13.8 Å². The van der Waals surface area contributed by atoms with Crippen molar-refractivity contribution >= 4 is 11.6 Å². The molecule has 0 N–H and O–H groups in total. The minimum atomic E-state index is 0.794. The van der Waals surface area contributed by atoms with Crippen molar-refractivity contribution in [1.82, 2.24) is 0 Å². The summed E-state index contributed by atoms with van der Waals surface area (Å²) in [5.74, 6) is 0. The number of hydrogen-bond acceptors (Lipinski definition) is 0. The maximum Gasteiger partial charge on any atom is 0.0360 e. The maximum atomic E-state index is 5.54. The number of allylic oxidation sites excluding steroid dienone is 4. The van der Waals surface area contributed by atoms with Gasteiger partial charge in [-0.2, -0.15) is 0 Å². The van der Waals surface area contributed by atoms with Crippen LogP contribution in [0.4, 0.5) is 0 Å². The van der Waals surface area contributed by atoms with E-state index in [1.165, 1.54) is 0 Å². The molecule has 0 atom stereocenters. The van der Waals surface area contributed by atoms with Crippen molar-refractivity contribution in [3.8, 4) is 0 Å². The molecule has 0 spiro atoms. The second-order valence-corrected chi connectivity index (χ2v) is 1.61. The molecule has 0 bridgehead atoms. The maximum absolute atomic E-state index is 5.54. The predicted molar refractivity (Wildman–Crippen MR) is 34.4 cm³/mol. The molecule has 0 aromatic heterocycles. The first-order valence-corrected chi connectivity index (χ1v) is 2.63. The zero-order valence-corrected chi connectivity index (χ0v) is 5.37. The van der Waals surface area contributed by atoms with Gasteiger partial charge in [0.1, 0.15) is 0 Å². The number of rotatable bonds is 1. The molecule has 0 saturated heterocycles. The van der Waals surface area contributed by atoms with Gasteiger partial charge in [0.15, 0.2) is 0 Å². The zero-order valence-electron chi connectivity index (χ0n) is 4.61. The van der Waals surface area contributed by atoms with E-state index in [1.54, 1.807) is 0 Å². The van der Waals surface area contributed by atoms with E-state index < -0.39 is 0 Å². The van der Waals surface area contributed by atoms with Crippen LogP contribution in [0.25, 0.3) is 0 Å². The monoisotopic (exact) mass is 116 g/mol. The van der Waals surface area contributed by atoms with Gasteiger partial charge in [0.05, 0.1) is 0 Å². The number of hydrogen-bond donors (Lipinski definition) is 0. The van der Waals surface area contributed by atoms with E-state index in [9.17, 15) is 0 Å². The molecule has 7 heavy (non-hydrogen) atoms. The summed E-state index contributed by atoms with van der Waals surface area (Å²) in [7, 11) is 0. The topological polar surface area (TPSA) is 0 Å². The van der Waals surface area contributed by atoms with Gasteiger partial charge in [0, 0.05) is 5.03 Å². The summed E-state index contributed by atoms with van der Waals surface area (Å²) in [5, 5.41) is 0.794. The first kappa shape index (κ1) is 6.77. The standard InChI is InChI=1S/C6H9Cl/c1-3-5-6(7)4-2/h3-5H,1-2H3/b5-3?,6-4+. The van der Waals surface area contributed by atoms with Crippen LogP contribution in [0.2, 0.25) is 0 Å². The fourth-order valence-electron chi connectivity index (χ4n) is 0.255. The summed E-state index contributed by atoms with van der Waals surface area (Å²) in [6.07, 6.45) is 5.60. The van der Waals surface area contributed by atoms with Crippen molar-refractivity contribution < 1.29 is 0 Å². The van der Waals surface area contributed by atoms with Crippen molar-refractivity contribution in [2.75, 3.05) is 0 Å². The van der Waals surface area contributed by atoms with Crippen LogP contribution in [0.15, 0.2) is 23.3 Å². The largest absolute Gasteiger partial charge is 0.0862 e. The van der Waals surface area contributed by atoms with Crippen molar-refractivity contribution in [3.63, 3.8) is 0 Å². The Bertz CT molecular complexity index is 90.4. The molecule has 40 valence electrons. The lowest BCUT2D eigenvalue weighted by Gasteiger charge is -1.78. The smallest absolute Gasteiger partial charge is 0.0360 e. The summed E-state index contributed by atoms with van der Waals surface area (Å²) >= 11 is 5.54. The molecule has 0 aromatic carbocycles. The molecule has 0 nitrogen and oxygen atoms in total. The SMILES string of the molecule is CC=C/C(Cl)=C\C. The molecule has 1 heteroatoms. The highest BCUT2D eigenvalue weighted by Gasteiger charge is 1.73. The molecule has 0 radical (unpaired) electrons. The fourth-order valence-corrected chi connectivity index (χ4v) is 0.381. The summed E-state index contributed by atoms with van der Waals surface area (Å²) in [6.45, 7) is 3.84. The second kappa shape index (κ2) is 3.94. The van der Waals surface area contributed by atoms with Crippen LogP contribution in [-0.2, 0) is 0 Å². The third-order valence-corrected chi connectivity index (χ3v) is 0.946. The first-order chi connectivity index (χ1) is 3.31. The Morgan fingerprint density at radius 1 is 1.43 bits per heavy atom. The van der Waals surface area contributed by atoms with Crippen LogP contribution in [0.5, 0.6) is 0 Å². The summed E-state index contributed by atoms with van der Waals surface area (Å²) in [4.78, 5) is 0. The highest BCUT2D eigenvalue weighted by Crippen LogP contribution is 2.00. The molecule has 0 aliphatic carbocycles. The minimum absolute atomic E-state index is 0.794. The summed E-state index contributed by atoms with van der Waals surface area (Å²) in [6, 6.07) is 0. The first-order valence-electron chi connectivity index (χ1n) is 2.25. The molecule has 0 fully saturated rings. The van der Waals surface area contributed by atoms with Crippen LogP contribution in [-0.4, -0.2) is 0 Å². The van der Waals surface area contributed by atoms with Gasteiger partial charge < -0.3 is 0 Å². The van der Waals surface area contributed by atoms with Gasteiger partial charge in [-0.15, -0.1) is 0 Å². The molecular weight excluding hydrogens is 108 g/mol. The van der Waals surface area contributed by atoms with E-state index in [1.807, 2.05) is 32.1 Å². The molecule has 0 saturated carbocycles. The number of halogens is 1. The van der Waals surface area contributed by atoms with Gasteiger partial charge in [0.25, 0.3) is 0 Å². The van der Waals surface area contributed by atoms with Crippen LogP contribution in [0.1, 0.15) is 13.8 Å². The van der Waals surface area contributed by atoms with Gasteiger partial charge in [-0.1, -0.05) is 23.8 Å². The van der Waals surface area contributed by atoms with Gasteiger partial charge in [-0.25, -0.2) is 0 Å².